The van der Waals surface area contributed by atoms with E-state index < -0.39 is 0 Å². The molecule has 21 heavy (non-hydrogen) atoms. The highest BCUT2D eigenvalue weighted by molar-refractivity contribution is 9.10. The van der Waals surface area contributed by atoms with E-state index in [2.05, 4.69) is 21.2 Å². The lowest BCUT2D eigenvalue weighted by Crippen LogP contribution is -2.15. The van der Waals surface area contributed by atoms with Crippen molar-refractivity contribution in [2.45, 2.75) is 20.3 Å². The zero-order valence-electron chi connectivity index (χ0n) is 12.4. The molecule has 2 aromatic rings. The van der Waals surface area contributed by atoms with Crippen LogP contribution in [0.1, 0.15) is 16.7 Å². The maximum Gasteiger partial charge on any atom is 0.228 e. The van der Waals surface area contributed by atoms with E-state index in [1.54, 1.807) is 7.11 Å². The molecule has 1 amide bonds. The van der Waals surface area contributed by atoms with Crippen molar-refractivity contribution >= 4 is 27.5 Å². The van der Waals surface area contributed by atoms with Gasteiger partial charge in [-0.05, 0) is 43.7 Å². The van der Waals surface area contributed by atoms with Crippen LogP contribution in [-0.4, -0.2) is 13.0 Å². The molecule has 2 aromatic carbocycles. The molecule has 0 saturated carbocycles. The van der Waals surface area contributed by atoms with Crippen molar-refractivity contribution < 1.29 is 9.53 Å². The van der Waals surface area contributed by atoms with Gasteiger partial charge in [-0.2, -0.15) is 0 Å². The predicted molar refractivity (Wildman–Crippen MR) is 88.9 cm³/mol. The number of halogens is 1. The molecule has 0 aliphatic heterocycles. The fraction of sp³-hybridized carbons (Fsp3) is 0.235. The highest BCUT2D eigenvalue weighted by Gasteiger charge is 2.10. The van der Waals surface area contributed by atoms with Crippen molar-refractivity contribution in [1.29, 1.82) is 0 Å². The van der Waals surface area contributed by atoms with E-state index in [9.17, 15) is 4.79 Å². The molecule has 4 heteroatoms. The Balaban J connectivity index is 2.11. The molecule has 0 unspecified atom stereocenters. The van der Waals surface area contributed by atoms with Gasteiger partial charge in [-0.25, -0.2) is 0 Å². The normalized spacial score (nSPS) is 10.3. The number of nitrogens with one attached hydrogen (secondary N) is 1. The Kier molecular flexibility index (Phi) is 5.02. The summed E-state index contributed by atoms with van der Waals surface area (Å²) < 4.78 is 6.33. The molecule has 0 fully saturated rings. The van der Waals surface area contributed by atoms with Crippen molar-refractivity contribution in [1.82, 2.24) is 0 Å². The lowest BCUT2D eigenvalue weighted by molar-refractivity contribution is -0.115. The molecule has 0 atom stereocenters. The monoisotopic (exact) mass is 347 g/mol. The number of rotatable bonds is 4. The van der Waals surface area contributed by atoms with Crippen LogP contribution in [0.15, 0.2) is 40.9 Å². The van der Waals surface area contributed by atoms with Gasteiger partial charge in [-0.1, -0.05) is 33.6 Å². The SMILES string of the molecule is COc1ccc(C)cc1CC(=O)Nc1ccc(Br)c(C)c1. The summed E-state index contributed by atoms with van der Waals surface area (Å²) in [4.78, 5) is 12.2. The Morgan fingerprint density at radius 3 is 2.62 bits per heavy atom. The average molecular weight is 348 g/mol. The van der Waals surface area contributed by atoms with Gasteiger partial charge in [0.1, 0.15) is 5.75 Å². The molecule has 1 N–H and O–H groups in total. The van der Waals surface area contributed by atoms with Crippen molar-refractivity contribution in [3.8, 4) is 5.75 Å². The molecule has 0 aromatic heterocycles. The minimum absolute atomic E-state index is 0.0550. The minimum atomic E-state index is -0.0550. The van der Waals surface area contributed by atoms with E-state index in [1.165, 1.54) is 0 Å². The third-order valence-corrected chi connectivity index (χ3v) is 4.12. The van der Waals surface area contributed by atoms with Crippen molar-refractivity contribution in [3.63, 3.8) is 0 Å². The number of hydrogen-bond donors (Lipinski definition) is 1. The molecule has 0 aliphatic rings. The molecule has 0 bridgehead atoms. The Morgan fingerprint density at radius 2 is 1.95 bits per heavy atom. The van der Waals surface area contributed by atoms with E-state index >= 15 is 0 Å². The number of carbonyl (C=O) groups is 1. The van der Waals surface area contributed by atoms with Gasteiger partial charge >= 0.3 is 0 Å². The first-order chi connectivity index (χ1) is 9.99. The summed E-state index contributed by atoms with van der Waals surface area (Å²) in [5, 5.41) is 2.91. The van der Waals surface area contributed by atoms with Gasteiger partial charge in [0, 0.05) is 15.7 Å². The molecule has 0 heterocycles. The van der Waals surface area contributed by atoms with Crippen LogP contribution in [0.25, 0.3) is 0 Å². The Bertz CT molecular complexity index is 668. The van der Waals surface area contributed by atoms with Gasteiger partial charge in [-0.15, -0.1) is 0 Å². The zero-order chi connectivity index (χ0) is 15.4. The smallest absolute Gasteiger partial charge is 0.228 e. The van der Waals surface area contributed by atoms with E-state index in [0.717, 1.165) is 32.6 Å². The quantitative estimate of drug-likeness (QED) is 0.897. The van der Waals surface area contributed by atoms with Gasteiger partial charge in [0.2, 0.25) is 5.91 Å². The second-order valence-corrected chi connectivity index (χ2v) is 5.86. The van der Waals surface area contributed by atoms with Crippen molar-refractivity contribution in [3.05, 3.63) is 57.6 Å². The fourth-order valence-electron chi connectivity index (χ4n) is 2.15. The summed E-state index contributed by atoms with van der Waals surface area (Å²) in [6.45, 7) is 3.99. The van der Waals surface area contributed by atoms with E-state index in [-0.39, 0.29) is 5.91 Å². The number of aryl methyl sites for hydroxylation is 2. The number of ether oxygens (including phenoxy) is 1. The third-order valence-electron chi connectivity index (χ3n) is 3.23. The lowest BCUT2D eigenvalue weighted by Gasteiger charge is -2.10. The van der Waals surface area contributed by atoms with Crippen LogP contribution in [0.2, 0.25) is 0 Å². The largest absolute Gasteiger partial charge is 0.496 e. The van der Waals surface area contributed by atoms with Gasteiger partial charge in [0.25, 0.3) is 0 Å². The number of benzene rings is 2. The number of anilines is 1. The van der Waals surface area contributed by atoms with Crippen LogP contribution in [0.4, 0.5) is 5.69 Å². The van der Waals surface area contributed by atoms with Gasteiger partial charge < -0.3 is 10.1 Å². The first-order valence-corrected chi connectivity index (χ1v) is 7.48. The molecule has 2 rings (SSSR count). The van der Waals surface area contributed by atoms with Crippen LogP contribution < -0.4 is 10.1 Å². The van der Waals surface area contributed by atoms with Crippen LogP contribution >= 0.6 is 15.9 Å². The molecule has 0 saturated heterocycles. The predicted octanol–water partition coefficient (Wildman–Crippen LogP) is 4.26. The maximum absolute atomic E-state index is 12.2. The Labute approximate surface area is 133 Å². The Morgan fingerprint density at radius 1 is 1.19 bits per heavy atom. The maximum atomic E-state index is 12.2. The first kappa shape index (κ1) is 15.6. The van der Waals surface area contributed by atoms with E-state index in [0.29, 0.717) is 6.42 Å². The van der Waals surface area contributed by atoms with Gasteiger partial charge in [0.15, 0.2) is 0 Å². The second kappa shape index (κ2) is 6.76. The highest BCUT2D eigenvalue weighted by atomic mass is 79.9. The molecule has 0 spiro atoms. The number of methoxy groups -OCH3 is 1. The van der Waals surface area contributed by atoms with E-state index in [4.69, 9.17) is 4.74 Å². The van der Waals surface area contributed by atoms with Crippen LogP contribution in [-0.2, 0) is 11.2 Å². The molecule has 3 nitrogen and oxygen atoms in total. The average Bonchev–Trinajstić information content (AvgIpc) is 2.43. The topological polar surface area (TPSA) is 38.3 Å². The van der Waals surface area contributed by atoms with Crippen molar-refractivity contribution in [2.24, 2.45) is 0 Å². The first-order valence-electron chi connectivity index (χ1n) is 6.69. The zero-order valence-corrected chi connectivity index (χ0v) is 14.0. The minimum Gasteiger partial charge on any atom is -0.496 e. The second-order valence-electron chi connectivity index (χ2n) is 5.00. The van der Waals surface area contributed by atoms with Crippen LogP contribution in [0.5, 0.6) is 5.75 Å². The number of hydrogen-bond acceptors (Lipinski definition) is 2. The van der Waals surface area contributed by atoms with Gasteiger partial charge in [-0.3, -0.25) is 4.79 Å². The van der Waals surface area contributed by atoms with E-state index in [1.807, 2.05) is 50.2 Å². The van der Waals surface area contributed by atoms with Crippen LogP contribution in [0.3, 0.4) is 0 Å². The summed E-state index contributed by atoms with van der Waals surface area (Å²) in [5.74, 6) is 0.684. The van der Waals surface area contributed by atoms with Crippen LogP contribution in [0, 0.1) is 13.8 Å². The number of carbonyl (C=O) groups excluding carboxylic acids is 1. The molecular weight excluding hydrogens is 330 g/mol. The summed E-state index contributed by atoms with van der Waals surface area (Å²) in [6.07, 6.45) is 0.292. The summed E-state index contributed by atoms with van der Waals surface area (Å²) in [6, 6.07) is 11.6. The fourth-order valence-corrected chi connectivity index (χ4v) is 2.39. The van der Waals surface area contributed by atoms with Gasteiger partial charge in [0.05, 0.1) is 13.5 Å². The van der Waals surface area contributed by atoms with Crippen molar-refractivity contribution in [2.75, 3.05) is 12.4 Å². The molecular formula is C17H18BrNO2. The summed E-state index contributed by atoms with van der Waals surface area (Å²) in [5.41, 5.74) is 3.88. The standard InChI is InChI=1S/C17H18BrNO2/c1-11-4-7-16(21-3)13(8-11)10-17(20)19-14-5-6-15(18)12(2)9-14/h4-9H,10H2,1-3H3,(H,19,20). The Hall–Kier alpha value is -1.81. The molecule has 110 valence electrons. The summed E-state index contributed by atoms with van der Waals surface area (Å²) in [7, 11) is 1.62. The molecule has 0 aliphatic carbocycles. The number of amides is 1. The third kappa shape index (κ3) is 4.08. The summed E-state index contributed by atoms with van der Waals surface area (Å²) >= 11 is 3.45. The highest BCUT2D eigenvalue weighted by Crippen LogP contribution is 2.22. The lowest BCUT2D eigenvalue weighted by atomic mass is 10.1. The molecule has 0 radical (unpaired) electrons.